The maximum Gasteiger partial charge on any atom is 0.150 e. The second kappa shape index (κ2) is 5.64. The summed E-state index contributed by atoms with van der Waals surface area (Å²) in [5.74, 6) is 0.771. The number of nitrogen functional groups attached to an aromatic ring is 1. The van der Waals surface area contributed by atoms with Gasteiger partial charge in [0.1, 0.15) is 15.6 Å². The van der Waals surface area contributed by atoms with Gasteiger partial charge >= 0.3 is 0 Å². The van der Waals surface area contributed by atoms with E-state index < -0.39 is 9.84 Å². The van der Waals surface area contributed by atoms with Crippen molar-refractivity contribution in [1.29, 1.82) is 0 Å². The molecule has 0 aromatic heterocycles. The lowest BCUT2D eigenvalue weighted by molar-refractivity contribution is 0.155. The molecule has 112 valence electrons. The van der Waals surface area contributed by atoms with Gasteiger partial charge in [0.25, 0.3) is 0 Å². The zero-order valence-corrected chi connectivity index (χ0v) is 13.2. The van der Waals surface area contributed by atoms with Crippen molar-refractivity contribution in [1.82, 2.24) is 0 Å². The fourth-order valence-corrected chi connectivity index (χ4v) is 3.91. The molecule has 0 radical (unpaired) electrons. The predicted molar refractivity (Wildman–Crippen MR) is 81.8 cm³/mol. The van der Waals surface area contributed by atoms with Crippen LogP contribution in [0.15, 0.2) is 12.1 Å². The second-order valence-corrected chi connectivity index (χ2v) is 8.16. The van der Waals surface area contributed by atoms with Gasteiger partial charge in [0.05, 0.1) is 11.4 Å². The van der Waals surface area contributed by atoms with E-state index in [1.54, 1.807) is 0 Å². The van der Waals surface area contributed by atoms with Crippen LogP contribution in [0.1, 0.15) is 36.8 Å². The molecular weight excluding hydrogens is 274 g/mol. The van der Waals surface area contributed by atoms with E-state index in [1.165, 1.54) is 6.26 Å². The van der Waals surface area contributed by atoms with Gasteiger partial charge in [-0.2, -0.15) is 0 Å². The lowest BCUT2D eigenvalue weighted by Gasteiger charge is -2.29. The number of hydrogen-bond donors (Lipinski definition) is 1. The first-order valence-corrected chi connectivity index (χ1v) is 8.95. The number of anilines is 1. The Bertz CT molecular complexity index is 595. The van der Waals surface area contributed by atoms with Crippen LogP contribution in [0.2, 0.25) is 0 Å². The minimum Gasteiger partial charge on any atom is -0.490 e. The van der Waals surface area contributed by atoms with E-state index in [2.05, 4.69) is 0 Å². The van der Waals surface area contributed by atoms with Gasteiger partial charge < -0.3 is 10.5 Å². The third-order valence-electron chi connectivity index (χ3n) is 4.04. The highest BCUT2D eigenvalue weighted by molar-refractivity contribution is 7.91. The normalized spacial score (nSPS) is 23.6. The van der Waals surface area contributed by atoms with E-state index in [0.717, 1.165) is 36.1 Å². The Balaban J connectivity index is 2.12. The Morgan fingerprint density at radius 3 is 2.55 bits per heavy atom. The Morgan fingerprint density at radius 1 is 1.20 bits per heavy atom. The SMILES string of the molecule is Cc1cc(C)c(OC2CCCC(S(C)(=O)=O)C2)cc1N. The third kappa shape index (κ3) is 3.45. The molecule has 0 spiro atoms. The first-order valence-electron chi connectivity index (χ1n) is 6.99. The van der Waals surface area contributed by atoms with Crippen LogP contribution in [0, 0.1) is 13.8 Å². The summed E-state index contributed by atoms with van der Waals surface area (Å²) in [5.41, 5.74) is 8.70. The van der Waals surface area contributed by atoms with Gasteiger partial charge in [-0.05, 0) is 44.2 Å². The van der Waals surface area contributed by atoms with Gasteiger partial charge in [-0.15, -0.1) is 0 Å². The Kier molecular flexibility index (Phi) is 4.28. The molecule has 1 aliphatic rings. The van der Waals surface area contributed by atoms with Crippen LogP contribution in [0.25, 0.3) is 0 Å². The van der Waals surface area contributed by atoms with Crippen molar-refractivity contribution < 1.29 is 13.2 Å². The fraction of sp³-hybridized carbons (Fsp3) is 0.600. The van der Waals surface area contributed by atoms with E-state index in [4.69, 9.17) is 10.5 Å². The van der Waals surface area contributed by atoms with Crippen molar-refractivity contribution in [3.05, 3.63) is 23.3 Å². The van der Waals surface area contributed by atoms with Crippen molar-refractivity contribution in [2.45, 2.75) is 50.9 Å². The molecule has 5 heteroatoms. The van der Waals surface area contributed by atoms with Crippen molar-refractivity contribution in [2.75, 3.05) is 12.0 Å². The molecular formula is C15H23NO3S. The minimum atomic E-state index is -2.98. The number of ether oxygens (including phenoxy) is 1. The Hall–Kier alpha value is -1.23. The van der Waals surface area contributed by atoms with Crippen LogP contribution < -0.4 is 10.5 Å². The van der Waals surface area contributed by atoms with Gasteiger partial charge in [-0.1, -0.05) is 6.07 Å². The van der Waals surface area contributed by atoms with E-state index >= 15 is 0 Å². The van der Waals surface area contributed by atoms with Gasteiger partial charge in [0.15, 0.2) is 0 Å². The van der Waals surface area contributed by atoms with Crippen LogP contribution in [0.4, 0.5) is 5.69 Å². The Morgan fingerprint density at radius 2 is 1.90 bits per heavy atom. The molecule has 20 heavy (non-hydrogen) atoms. The topological polar surface area (TPSA) is 69.4 Å². The van der Waals surface area contributed by atoms with Crippen LogP contribution in [0.5, 0.6) is 5.75 Å². The number of rotatable bonds is 3. The summed E-state index contributed by atoms with van der Waals surface area (Å²) >= 11 is 0. The summed E-state index contributed by atoms with van der Waals surface area (Å²) < 4.78 is 29.4. The lowest BCUT2D eigenvalue weighted by atomic mass is 9.97. The number of aryl methyl sites for hydroxylation is 2. The van der Waals surface area contributed by atoms with Crippen LogP contribution in [0.3, 0.4) is 0 Å². The molecule has 0 bridgehead atoms. The maximum absolute atomic E-state index is 11.7. The highest BCUT2D eigenvalue weighted by Crippen LogP contribution is 2.30. The van der Waals surface area contributed by atoms with Gasteiger partial charge in [0.2, 0.25) is 0 Å². The highest BCUT2D eigenvalue weighted by atomic mass is 32.2. The summed E-state index contributed by atoms with van der Waals surface area (Å²) in [5, 5.41) is -0.274. The van der Waals surface area contributed by atoms with Crippen LogP contribution in [-0.2, 0) is 9.84 Å². The van der Waals surface area contributed by atoms with Crippen molar-refractivity contribution in [3.63, 3.8) is 0 Å². The molecule has 1 fully saturated rings. The highest BCUT2D eigenvalue weighted by Gasteiger charge is 2.30. The average Bonchev–Trinajstić information content (AvgIpc) is 2.35. The molecule has 2 N–H and O–H groups in total. The first kappa shape index (κ1) is 15.2. The quantitative estimate of drug-likeness (QED) is 0.871. The zero-order chi connectivity index (χ0) is 14.9. The third-order valence-corrected chi connectivity index (χ3v) is 5.68. The van der Waals surface area contributed by atoms with Crippen molar-refractivity contribution in [3.8, 4) is 5.75 Å². The van der Waals surface area contributed by atoms with E-state index in [9.17, 15) is 8.42 Å². The predicted octanol–water partition coefficient (Wildman–Crippen LogP) is 2.62. The molecule has 0 heterocycles. The van der Waals surface area contributed by atoms with Crippen molar-refractivity contribution >= 4 is 15.5 Å². The fourth-order valence-electron chi connectivity index (χ4n) is 2.75. The standard InChI is InChI=1S/C15H23NO3S/c1-10-7-11(2)15(9-14(10)16)19-12-5-4-6-13(8-12)20(3,17)18/h7,9,12-13H,4-6,8,16H2,1-3H3. The van der Waals surface area contributed by atoms with Gasteiger partial charge in [-0.3, -0.25) is 0 Å². The summed E-state index contributed by atoms with van der Waals surface area (Å²) in [6.07, 6.45) is 4.39. The van der Waals surface area contributed by atoms with Crippen molar-refractivity contribution in [2.24, 2.45) is 0 Å². The maximum atomic E-state index is 11.7. The van der Waals surface area contributed by atoms with Crippen LogP contribution >= 0.6 is 0 Å². The summed E-state index contributed by atoms with van der Waals surface area (Å²) in [7, 11) is -2.98. The largest absolute Gasteiger partial charge is 0.490 e. The molecule has 2 rings (SSSR count). The summed E-state index contributed by atoms with van der Waals surface area (Å²) in [6.45, 7) is 3.95. The number of sulfone groups is 1. The smallest absolute Gasteiger partial charge is 0.150 e. The van der Waals surface area contributed by atoms with E-state index in [-0.39, 0.29) is 11.4 Å². The molecule has 1 aromatic carbocycles. The summed E-state index contributed by atoms with van der Waals surface area (Å²) in [6, 6.07) is 3.84. The molecule has 0 saturated heterocycles. The lowest BCUT2D eigenvalue weighted by Crippen LogP contribution is -2.33. The molecule has 0 aliphatic heterocycles. The Labute approximate surface area is 121 Å². The monoisotopic (exact) mass is 297 g/mol. The number of nitrogens with two attached hydrogens (primary N) is 1. The van der Waals surface area contributed by atoms with E-state index in [1.807, 2.05) is 26.0 Å². The summed E-state index contributed by atoms with van der Waals surface area (Å²) in [4.78, 5) is 0. The average molecular weight is 297 g/mol. The molecule has 1 aliphatic carbocycles. The van der Waals surface area contributed by atoms with E-state index in [0.29, 0.717) is 12.1 Å². The van der Waals surface area contributed by atoms with Gasteiger partial charge in [0, 0.05) is 24.4 Å². The molecule has 1 aromatic rings. The second-order valence-electron chi connectivity index (χ2n) is 5.83. The molecule has 0 amide bonds. The zero-order valence-electron chi connectivity index (χ0n) is 12.3. The molecule has 2 unspecified atom stereocenters. The van der Waals surface area contributed by atoms with Gasteiger partial charge in [-0.25, -0.2) is 8.42 Å². The van der Waals surface area contributed by atoms with Crippen LogP contribution in [-0.4, -0.2) is 26.0 Å². The number of hydrogen-bond acceptors (Lipinski definition) is 4. The molecule has 1 saturated carbocycles. The first-order chi connectivity index (χ1) is 9.27. The minimum absolute atomic E-state index is 0.0377. The molecule has 2 atom stereocenters. The molecule has 4 nitrogen and oxygen atoms in total. The number of benzene rings is 1.